The third-order valence-electron chi connectivity index (χ3n) is 4.51. The van der Waals surface area contributed by atoms with E-state index in [1.807, 2.05) is 11.3 Å². The molecular formula is C18H32N4S. The summed E-state index contributed by atoms with van der Waals surface area (Å²) in [5.74, 6) is 1.70. The first-order chi connectivity index (χ1) is 11.2. The number of thiophene rings is 1. The van der Waals surface area contributed by atoms with Crippen LogP contribution in [-0.2, 0) is 6.54 Å². The van der Waals surface area contributed by atoms with Crippen LogP contribution in [-0.4, -0.2) is 43.1 Å². The molecule has 1 aliphatic rings. The van der Waals surface area contributed by atoms with Gasteiger partial charge in [0.15, 0.2) is 5.96 Å². The SMILES string of the molecule is CCNC(=NCC1CCN(Cc2cccs2)CC1)NC(C)CC. The Labute approximate surface area is 145 Å². The summed E-state index contributed by atoms with van der Waals surface area (Å²) in [6.07, 6.45) is 3.64. The van der Waals surface area contributed by atoms with Crippen LogP contribution in [0.3, 0.4) is 0 Å². The van der Waals surface area contributed by atoms with Crippen LogP contribution in [0, 0.1) is 5.92 Å². The Balaban J connectivity index is 1.74. The second-order valence-electron chi connectivity index (χ2n) is 6.47. The number of guanidine groups is 1. The lowest BCUT2D eigenvalue weighted by Gasteiger charge is -2.31. The van der Waals surface area contributed by atoms with Gasteiger partial charge >= 0.3 is 0 Å². The van der Waals surface area contributed by atoms with Crippen molar-refractivity contribution in [2.45, 2.75) is 52.6 Å². The maximum absolute atomic E-state index is 4.80. The summed E-state index contributed by atoms with van der Waals surface area (Å²) >= 11 is 1.86. The highest BCUT2D eigenvalue weighted by molar-refractivity contribution is 7.09. The molecule has 1 unspecified atom stereocenters. The minimum atomic E-state index is 0.473. The number of hydrogen-bond donors (Lipinski definition) is 2. The maximum atomic E-state index is 4.80. The molecule has 130 valence electrons. The fourth-order valence-corrected chi connectivity index (χ4v) is 3.57. The molecular weight excluding hydrogens is 304 g/mol. The van der Waals surface area contributed by atoms with E-state index in [1.54, 1.807) is 0 Å². The minimum absolute atomic E-state index is 0.473. The molecule has 1 aromatic heterocycles. The van der Waals surface area contributed by atoms with Gasteiger partial charge in [0.25, 0.3) is 0 Å². The average Bonchev–Trinajstić information content (AvgIpc) is 3.07. The van der Waals surface area contributed by atoms with Gasteiger partial charge in [0, 0.05) is 30.6 Å². The summed E-state index contributed by atoms with van der Waals surface area (Å²) in [4.78, 5) is 8.86. The number of hydrogen-bond acceptors (Lipinski definition) is 3. The quantitative estimate of drug-likeness (QED) is 0.593. The largest absolute Gasteiger partial charge is 0.357 e. The van der Waals surface area contributed by atoms with E-state index in [2.05, 4.69) is 53.8 Å². The number of piperidine rings is 1. The van der Waals surface area contributed by atoms with Crippen molar-refractivity contribution >= 4 is 17.3 Å². The van der Waals surface area contributed by atoms with Crippen molar-refractivity contribution in [3.05, 3.63) is 22.4 Å². The molecule has 4 nitrogen and oxygen atoms in total. The van der Waals surface area contributed by atoms with E-state index in [0.29, 0.717) is 6.04 Å². The Morgan fingerprint density at radius 2 is 2.17 bits per heavy atom. The van der Waals surface area contributed by atoms with E-state index in [1.165, 1.54) is 30.8 Å². The van der Waals surface area contributed by atoms with E-state index in [0.717, 1.165) is 37.9 Å². The highest BCUT2D eigenvalue weighted by Gasteiger charge is 2.19. The maximum Gasteiger partial charge on any atom is 0.191 e. The molecule has 1 aliphatic heterocycles. The third kappa shape index (κ3) is 6.51. The van der Waals surface area contributed by atoms with Gasteiger partial charge in [0.05, 0.1) is 0 Å². The molecule has 0 saturated carbocycles. The number of aliphatic imine (C=N–C) groups is 1. The lowest BCUT2D eigenvalue weighted by atomic mass is 9.97. The van der Waals surface area contributed by atoms with E-state index in [-0.39, 0.29) is 0 Å². The molecule has 2 heterocycles. The van der Waals surface area contributed by atoms with Crippen LogP contribution in [0.15, 0.2) is 22.5 Å². The molecule has 0 aromatic carbocycles. The number of nitrogens with one attached hydrogen (secondary N) is 2. The van der Waals surface area contributed by atoms with Crippen molar-refractivity contribution in [1.29, 1.82) is 0 Å². The summed E-state index contributed by atoms with van der Waals surface area (Å²) < 4.78 is 0. The molecule has 0 amide bonds. The highest BCUT2D eigenvalue weighted by Crippen LogP contribution is 2.20. The van der Waals surface area contributed by atoms with Gasteiger partial charge in [-0.15, -0.1) is 11.3 Å². The van der Waals surface area contributed by atoms with Crippen molar-refractivity contribution < 1.29 is 0 Å². The summed E-state index contributed by atoms with van der Waals surface area (Å²) in [6.45, 7) is 11.9. The Kier molecular flexibility index (Phi) is 7.89. The number of nitrogens with zero attached hydrogens (tertiary/aromatic N) is 2. The second-order valence-corrected chi connectivity index (χ2v) is 7.50. The topological polar surface area (TPSA) is 39.7 Å². The molecule has 5 heteroatoms. The molecule has 0 bridgehead atoms. The minimum Gasteiger partial charge on any atom is -0.357 e. The van der Waals surface area contributed by atoms with Crippen molar-refractivity contribution in [1.82, 2.24) is 15.5 Å². The van der Waals surface area contributed by atoms with Crippen molar-refractivity contribution in [2.24, 2.45) is 10.9 Å². The molecule has 23 heavy (non-hydrogen) atoms. The van der Waals surface area contributed by atoms with Crippen LogP contribution in [0.25, 0.3) is 0 Å². The third-order valence-corrected chi connectivity index (χ3v) is 5.38. The predicted molar refractivity (Wildman–Crippen MR) is 101 cm³/mol. The molecule has 0 spiro atoms. The van der Waals surface area contributed by atoms with Crippen molar-refractivity contribution in [2.75, 3.05) is 26.2 Å². The molecule has 1 saturated heterocycles. The van der Waals surface area contributed by atoms with E-state index in [4.69, 9.17) is 4.99 Å². The molecule has 1 aromatic rings. The van der Waals surface area contributed by atoms with Crippen molar-refractivity contribution in [3.8, 4) is 0 Å². The van der Waals surface area contributed by atoms with Crippen LogP contribution in [0.1, 0.15) is 44.9 Å². The van der Waals surface area contributed by atoms with Gasteiger partial charge in [0.1, 0.15) is 0 Å². The van der Waals surface area contributed by atoms with Gasteiger partial charge in [-0.1, -0.05) is 13.0 Å². The van der Waals surface area contributed by atoms with Gasteiger partial charge < -0.3 is 10.6 Å². The predicted octanol–water partition coefficient (Wildman–Crippen LogP) is 3.31. The lowest BCUT2D eigenvalue weighted by Crippen LogP contribution is -2.42. The molecule has 2 N–H and O–H groups in total. The Hall–Kier alpha value is -1.07. The molecule has 1 atom stereocenters. The molecule has 1 fully saturated rings. The first-order valence-corrected chi connectivity index (χ1v) is 9.88. The zero-order chi connectivity index (χ0) is 16.5. The van der Waals surface area contributed by atoms with Crippen LogP contribution in [0.4, 0.5) is 0 Å². The molecule has 0 radical (unpaired) electrons. The smallest absolute Gasteiger partial charge is 0.191 e. The van der Waals surface area contributed by atoms with Gasteiger partial charge in [-0.3, -0.25) is 9.89 Å². The average molecular weight is 337 g/mol. The van der Waals surface area contributed by atoms with Crippen molar-refractivity contribution in [3.63, 3.8) is 0 Å². The zero-order valence-electron chi connectivity index (χ0n) is 14.8. The van der Waals surface area contributed by atoms with Crippen LogP contribution < -0.4 is 10.6 Å². The van der Waals surface area contributed by atoms with Crippen LogP contribution in [0.5, 0.6) is 0 Å². The van der Waals surface area contributed by atoms with Gasteiger partial charge in [-0.2, -0.15) is 0 Å². The Morgan fingerprint density at radius 3 is 2.78 bits per heavy atom. The Bertz CT molecular complexity index is 450. The van der Waals surface area contributed by atoms with Gasteiger partial charge in [0.2, 0.25) is 0 Å². The lowest BCUT2D eigenvalue weighted by molar-refractivity contribution is 0.182. The summed E-state index contributed by atoms with van der Waals surface area (Å²) in [5.41, 5.74) is 0. The standard InChI is InChI=1S/C18H32N4S/c1-4-15(3)21-18(19-5-2)20-13-16-8-10-22(11-9-16)14-17-7-6-12-23-17/h6-7,12,15-16H,4-5,8-11,13-14H2,1-3H3,(H2,19,20,21). The number of likely N-dealkylation sites (tertiary alicyclic amines) is 1. The second kappa shape index (κ2) is 9.93. The van der Waals surface area contributed by atoms with Gasteiger partial charge in [-0.25, -0.2) is 0 Å². The van der Waals surface area contributed by atoms with Crippen LogP contribution in [0.2, 0.25) is 0 Å². The summed E-state index contributed by atoms with van der Waals surface area (Å²) in [6, 6.07) is 4.86. The Morgan fingerprint density at radius 1 is 1.39 bits per heavy atom. The number of rotatable bonds is 7. The van der Waals surface area contributed by atoms with E-state index >= 15 is 0 Å². The van der Waals surface area contributed by atoms with E-state index < -0.39 is 0 Å². The highest BCUT2D eigenvalue weighted by atomic mass is 32.1. The fraction of sp³-hybridized carbons (Fsp3) is 0.722. The zero-order valence-corrected chi connectivity index (χ0v) is 15.7. The molecule has 0 aliphatic carbocycles. The fourth-order valence-electron chi connectivity index (χ4n) is 2.83. The molecule has 2 rings (SSSR count). The monoisotopic (exact) mass is 336 g/mol. The van der Waals surface area contributed by atoms with Gasteiger partial charge in [-0.05, 0) is 63.6 Å². The summed E-state index contributed by atoms with van der Waals surface area (Å²) in [5, 5.41) is 9.00. The first-order valence-electron chi connectivity index (χ1n) is 9.00. The normalized spacial score (nSPS) is 18.8. The van der Waals surface area contributed by atoms with E-state index in [9.17, 15) is 0 Å². The first kappa shape index (κ1) is 18.3. The van der Waals surface area contributed by atoms with Crippen LogP contribution >= 0.6 is 11.3 Å². The summed E-state index contributed by atoms with van der Waals surface area (Å²) in [7, 11) is 0.